The summed E-state index contributed by atoms with van der Waals surface area (Å²) in [6.07, 6.45) is 0. The number of ketones is 2. The van der Waals surface area contributed by atoms with Crippen LogP contribution in [0.2, 0.25) is 0 Å². The number of allylic oxidation sites excluding steroid dienone is 2. The molecular formula is C22H20O2. The highest BCUT2D eigenvalue weighted by molar-refractivity contribution is 6.21. The first-order chi connectivity index (χ1) is 11.5. The van der Waals surface area contributed by atoms with Gasteiger partial charge in [0.25, 0.3) is 0 Å². The molecule has 24 heavy (non-hydrogen) atoms. The molecule has 0 radical (unpaired) electrons. The number of Topliss-reactive ketones (excluding diaryl/α,β-unsaturated/α-hetero) is 2. The monoisotopic (exact) mass is 316 g/mol. The van der Waals surface area contributed by atoms with Gasteiger partial charge in [0.15, 0.2) is 11.6 Å². The van der Waals surface area contributed by atoms with Crippen molar-refractivity contribution in [2.24, 2.45) is 11.3 Å². The van der Waals surface area contributed by atoms with Crippen molar-refractivity contribution in [3.05, 3.63) is 82.9 Å². The van der Waals surface area contributed by atoms with Crippen LogP contribution in [0.25, 0.3) is 0 Å². The minimum Gasteiger partial charge on any atom is -0.294 e. The molecule has 2 heteroatoms. The molecule has 0 bridgehead atoms. The van der Waals surface area contributed by atoms with Gasteiger partial charge in [-0.05, 0) is 36.1 Å². The standard InChI is InChI=1S/C22H20O2/c1-14-15(2)20(24)21(3)19(18(14)23)22(21,16-10-6-4-7-11-16)17-12-8-5-9-13-17/h4-13,19H,1-3H3/t19-,21-/m1/s1. The molecule has 1 fully saturated rings. The predicted molar refractivity (Wildman–Crippen MR) is 93.6 cm³/mol. The van der Waals surface area contributed by atoms with Crippen molar-refractivity contribution in [1.82, 2.24) is 0 Å². The molecule has 2 aromatic rings. The maximum atomic E-state index is 13.2. The Balaban J connectivity index is 2.03. The Morgan fingerprint density at radius 2 is 1.21 bits per heavy atom. The third-order valence-corrected chi connectivity index (χ3v) is 6.21. The predicted octanol–water partition coefficient (Wildman–Crippen LogP) is 4.10. The average molecular weight is 316 g/mol. The normalized spacial score (nSPS) is 27.9. The molecule has 0 heterocycles. The van der Waals surface area contributed by atoms with Crippen LogP contribution in [0.4, 0.5) is 0 Å². The van der Waals surface area contributed by atoms with Crippen LogP contribution in [-0.4, -0.2) is 11.6 Å². The first-order valence-corrected chi connectivity index (χ1v) is 8.35. The molecular weight excluding hydrogens is 296 g/mol. The van der Waals surface area contributed by atoms with Crippen LogP contribution in [0.15, 0.2) is 71.8 Å². The van der Waals surface area contributed by atoms with E-state index in [4.69, 9.17) is 0 Å². The first-order valence-electron chi connectivity index (χ1n) is 8.35. The zero-order chi connectivity index (χ0) is 17.1. The fourth-order valence-corrected chi connectivity index (χ4v) is 4.85. The van der Waals surface area contributed by atoms with E-state index in [0.717, 1.165) is 11.1 Å². The Morgan fingerprint density at radius 3 is 1.67 bits per heavy atom. The van der Waals surface area contributed by atoms with Crippen LogP contribution in [0.1, 0.15) is 31.9 Å². The molecule has 0 unspecified atom stereocenters. The second-order valence-corrected chi connectivity index (χ2v) is 7.12. The van der Waals surface area contributed by atoms with E-state index >= 15 is 0 Å². The van der Waals surface area contributed by atoms with Gasteiger partial charge >= 0.3 is 0 Å². The summed E-state index contributed by atoms with van der Waals surface area (Å²) in [6.45, 7) is 5.54. The van der Waals surface area contributed by atoms with Gasteiger partial charge in [-0.25, -0.2) is 0 Å². The summed E-state index contributed by atoms with van der Waals surface area (Å²) < 4.78 is 0. The summed E-state index contributed by atoms with van der Waals surface area (Å²) >= 11 is 0. The molecule has 1 saturated carbocycles. The maximum Gasteiger partial charge on any atom is 0.166 e. The van der Waals surface area contributed by atoms with Crippen molar-refractivity contribution in [2.75, 3.05) is 0 Å². The van der Waals surface area contributed by atoms with Gasteiger partial charge in [-0.15, -0.1) is 0 Å². The van der Waals surface area contributed by atoms with E-state index in [1.165, 1.54) is 0 Å². The van der Waals surface area contributed by atoms with Gasteiger partial charge in [0.2, 0.25) is 0 Å². The number of rotatable bonds is 2. The molecule has 2 aliphatic rings. The summed E-state index contributed by atoms with van der Waals surface area (Å²) in [7, 11) is 0. The molecule has 2 nitrogen and oxygen atoms in total. The van der Waals surface area contributed by atoms with E-state index in [1.807, 2.05) is 67.6 Å². The van der Waals surface area contributed by atoms with Gasteiger partial charge < -0.3 is 0 Å². The van der Waals surface area contributed by atoms with Crippen molar-refractivity contribution in [2.45, 2.75) is 26.2 Å². The lowest BCUT2D eigenvalue weighted by Gasteiger charge is -2.23. The van der Waals surface area contributed by atoms with Gasteiger partial charge in [0.1, 0.15) is 0 Å². The minimum atomic E-state index is -0.698. The lowest BCUT2D eigenvalue weighted by molar-refractivity contribution is -0.126. The van der Waals surface area contributed by atoms with E-state index in [1.54, 1.807) is 13.8 Å². The van der Waals surface area contributed by atoms with Crippen molar-refractivity contribution in [3.63, 3.8) is 0 Å². The molecule has 0 N–H and O–H groups in total. The zero-order valence-corrected chi connectivity index (χ0v) is 14.2. The Labute approximate surface area is 142 Å². The number of fused-ring (bicyclic) bond motifs is 1. The Bertz CT molecular complexity index is 837. The quantitative estimate of drug-likeness (QED) is 0.836. The largest absolute Gasteiger partial charge is 0.294 e. The highest BCUT2D eigenvalue weighted by Crippen LogP contribution is 2.75. The molecule has 0 saturated heterocycles. The molecule has 2 aromatic carbocycles. The van der Waals surface area contributed by atoms with E-state index < -0.39 is 10.8 Å². The van der Waals surface area contributed by atoms with Crippen molar-refractivity contribution < 1.29 is 9.59 Å². The SMILES string of the molecule is CC1=C(C)C(=O)[C@@]2(C)[C@@H](C1=O)C2(c1ccccc1)c1ccccc1. The van der Waals surface area contributed by atoms with Crippen molar-refractivity contribution in [1.29, 1.82) is 0 Å². The van der Waals surface area contributed by atoms with Gasteiger partial charge in [0, 0.05) is 5.41 Å². The Hall–Kier alpha value is -2.48. The molecule has 0 amide bonds. The summed E-state index contributed by atoms with van der Waals surface area (Å²) in [5.74, 6) is -0.0920. The Morgan fingerprint density at radius 1 is 0.750 bits per heavy atom. The average Bonchev–Trinajstić information content (AvgIpc) is 3.22. The van der Waals surface area contributed by atoms with Crippen LogP contribution in [0.5, 0.6) is 0 Å². The topological polar surface area (TPSA) is 34.1 Å². The minimum absolute atomic E-state index is 0.109. The van der Waals surface area contributed by atoms with Crippen LogP contribution >= 0.6 is 0 Å². The van der Waals surface area contributed by atoms with Gasteiger partial charge in [-0.2, -0.15) is 0 Å². The summed E-state index contributed by atoms with van der Waals surface area (Å²) in [6, 6.07) is 20.0. The maximum absolute atomic E-state index is 13.2. The third kappa shape index (κ3) is 1.51. The molecule has 2 aliphatic carbocycles. The summed E-state index contributed by atoms with van der Waals surface area (Å²) in [5.41, 5.74) is 2.07. The number of carbonyl (C=O) groups excluding carboxylic acids is 2. The van der Waals surface area contributed by atoms with Gasteiger partial charge in [-0.3, -0.25) is 9.59 Å². The molecule has 0 aromatic heterocycles. The van der Waals surface area contributed by atoms with E-state index in [-0.39, 0.29) is 17.5 Å². The van der Waals surface area contributed by atoms with Gasteiger partial charge in [0.05, 0.1) is 11.3 Å². The highest BCUT2D eigenvalue weighted by Gasteiger charge is 2.82. The second kappa shape index (κ2) is 4.76. The summed E-state index contributed by atoms with van der Waals surface area (Å²) in [4.78, 5) is 26.3. The van der Waals surface area contributed by atoms with E-state index in [2.05, 4.69) is 0 Å². The summed E-state index contributed by atoms with van der Waals surface area (Å²) in [5, 5.41) is 0. The molecule has 0 aliphatic heterocycles. The molecule has 120 valence electrons. The number of carbonyl (C=O) groups is 2. The lowest BCUT2D eigenvalue weighted by atomic mass is 9.78. The molecule has 4 rings (SSSR count). The smallest absolute Gasteiger partial charge is 0.166 e. The number of benzene rings is 2. The third-order valence-electron chi connectivity index (χ3n) is 6.21. The number of hydrogen-bond acceptors (Lipinski definition) is 2. The van der Waals surface area contributed by atoms with E-state index in [0.29, 0.717) is 11.1 Å². The fourth-order valence-electron chi connectivity index (χ4n) is 4.85. The number of hydrogen-bond donors (Lipinski definition) is 0. The van der Waals surface area contributed by atoms with Crippen LogP contribution < -0.4 is 0 Å². The fraction of sp³-hybridized carbons (Fsp3) is 0.273. The highest BCUT2D eigenvalue weighted by atomic mass is 16.1. The van der Waals surface area contributed by atoms with Crippen molar-refractivity contribution in [3.8, 4) is 0 Å². The molecule has 2 atom stereocenters. The van der Waals surface area contributed by atoms with Crippen LogP contribution in [0.3, 0.4) is 0 Å². The second-order valence-electron chi connectivity index (χ2n) is 7.12. The first kappa shape index (κ1) is 15.1. The van der Waals surface area contributed by atoms with Gasteiger partial charge in [-0.1, -0.05) is 67.6 Å². The Kier molecular flexibility index (Phi) is 2.99. The van der Waals surface area contributed by atoms with Crippen LogP contribution in [-0.2, 0) is 15.0 Å². The lowest BCUT2D eigenvalue weighted by Crippen LogP contribution is -2.28. The van der Waals surface area contributed by atoms with Crippen LogP contribution in [0, 0.1) is 11.3 Å². The van der Waals surface area contributed by atoms with Crippen molar-refractivity contribution >= 4 is 11.6 Å². The van der Waals surface area contributed by atoms with E-state index in [9.17, 15) is 9.59 Å². The zero-order valence-electron chi connectivity index (χ0n) is 14.2. The molecule has 0 spiro atoms.